The third-order valence-corrected chi connectivity index (χ3v) is 16.2. The number of aliphatic imine (C=N–C) groups is 1. The largest absolute Gasteiger partial charge is 0.310 e. The normalized spacial score (nSPS) is 18.9. The maximum atomic E-state index is 6.40. The number of nitrogens with one attached hydrogen (secondary N) is 1. The molecule has 1 atom stereocenters. The van der Waals surface area contributed by atoms with E-state index in [0.29, 0.717) is 42.1 Å². The van der Waals surface area contributed by atoms with Crippen LogP contribution >= 0.6 is 7.36 Å². The maximum Gasteiger partial charge on any atom is 0.227 e. The van der Waals surface area contributed by atoms with Crippen LogP contribution in [0.3, 0.4) is 0 Å². The van der Waals surface area contributed by atoms with Gasteiger partial charge in [-0.25, -0.2) is 4.99 Å². The maximum absolute atomic E-state index is 6.40. The van der Waals surface area contributed by atoms with Gasteiger partial charge in [-0.3, -0.25) is 5.09 Å². The van der Waals surface area contributed by atoms with E-state index in [1.54, 1.807) is 0 Å². The highest BCUT2D eigenvalue weighted by molar-refractivity contribution is 7.72. The van der Waals surface area contributed by atoms with Crippen molar-refractivity contribution in [3.8, 4) is 0 Å². The molecular formula is C54H76N7P. The summed E-state index contributed by atoms with van der Waals surface area (Å²) in [5, 5.41) is 5.56. The molecule has 3 aliphatic heterocycles. The van der Waals surface area contributed by atoms with Crippen molar-refractivity contribution in [2.45, 2.75) is 158 Å². The van der Waals surface area contributed by atoms with Gasteiger partial charge >= 0.3 is 0 Å². The number of benzene rings is 4. The molecule has 1 unspecified atom stereocenters. The van der Waals surface area contributed by atoms with Crippen molar-refractivity contribution >= 4 is 41.6 Å². The van der Waals surface area contributed by atoms with E-state index in [-0.39, 0.29) is 5.92 Å². The Kier molecular flexibility index (Phi) is 13.1. The van der Waals surface area contributed by atoms with Crippen molar-refractivity contribution in [3.63, 3.8) is 0 Å². The molecule has 4 aromatic rings. The summed E-state index contributed by atoms with van der Waals surface area (Å²) < 4.78 is 12.5. The predicted octanol–water partition coefficient (Wildman–Crippen LogP) is 14.3. The number of hydrogen-bond donors (Lipinski definition) is 1. The molecule has 0 spiro atoms. The van der Waals surface area contributed by atoms with Crippen LogP contribution in [0.25, 0.3) is 0 Å². The Morgan fingerprint density at radius 3 is 1.24 bits per heavy atom. The molecule has 3 aliphatic rings. The van der Waals surface area contributed by atoms with Crippen LogP contribution in [0, 0.1) is 0 Å². The smallest absolute Gasteiger partial charge is 0.227 e. The van der Waals surface area contributed by atoms with E-state index in [2.05, 4.69) is 203 Å². The third kappa shape index (κ3) is 8.22. The van der Waals surface area contributed by atoms with Crippen LogP contribution in [-0.4, -0.2) is 38.1 Å². The molecule has 7 rings (SSSR count). The third-order valence-electron chi connectivity index (χ3n) is 13.3. The minimum absolute atomic E-state index is 0.269. The Morgan fingerprint density at radius 2 is 0.855 bits per heavy atom. The molecule has 4 aromatic carbocycles. The van der Waals surface area contributed by atoms with E-state index in [1.807, 2.05) is 0 Å². The average molecular weight is 854 g/mol. The number of rotatable bonds is 11. The van der Waals surface area contributed by atoms with E-state index in [4.69, 9.17) is 14.5 Å². The molecule has 0 radical (unpaired) electrons. The van der Waals surface area contributed by atoms with Crippen LogP contribution in [0.15, 0.2) is 87.3 Å². The van der Waals surface area contributed by atoms with Crippen molar-refractivity contribution in [2.24, 2.45) is 14.5 Å². The zero-order valence-corrected chi connectivity index (χ0v) is 41.8. The minimum Gasteiger partial charge on any atom is -0.310 e. The van der Waals surface area contributed by atoms with E-state index >= 15 is 0 Å². The topological polar surface area (TPSA) is 58.8 Å². The quantitative estimate of drug-likeness (QED) is 0.153. The van der Waals surface area contributed by atoms with Crippen LogP contribution in [0.5, 0.6) is 0 Å². The summed E-state index contributed by atoms with van der Waals surface area (Å²) in [6.45, 7) is 40.3. The van der Waals surface area contributed by atoms with Gasteiger partial charge in [-0.05, 0) is 99.8 Å². The van der Waals surface area contributed by atoms with Crippen molar-refractivity contribution in [1.29, 1.82) is 0 Å². The molecule has 3 heterocycles. The van der Waals surface area contributed by atoms with E-state index < -0.39 is 12.9 Å². The number of anilines is 3. The first kappa shape index (κ1) is 45.8. The first-order chi connectivity index (χ1) is 29.3. The Bertz CT molecular complexity index is 2260. The van der Waals surface area contributed by atoms with E-state index in [9.17, 15) is 0 Å². The average Bonchev–Trinajstić information content (AvgIpc) is 3.90. The molecule has 0 bridgehead atoms. The van der Waals surface area contributed by atoms with Crippen molar-refractivity contribution < 1.29 is 0 Å². The molecule has 1 saturated heterocycles. The number of nitrogens with zero attached hydrogens (tertiary/aromatic N) is 6. The minimum atomic E-state index is -3.05. The first-order valence-electron chi connectivity index (χ1n) is 23.7. The Labute approximate surface area is 375 Å². The SMILES string of the molecule is CC(C)c1cccc(C(C)C)c1N1CCN=C1N=P1(N=C2N(c3c(C(C)C)cccc3C(C)C)CCN2c2c(C(C)C)cccc2C(C)C)NC(C)(C)c2cccc(C(C)C)c21. The fourth-order valence-electron chi connectivity index (χ4n) is 10.1. The summed E-state index contributed by atoms with van der Waals surface area (Å²) in [5.41, 5.74) is 14.2. The summed E-state index contributed by atoms with van der Waals surface area (Å²) in [4.78, 5) is 13.0. The standard InChI is InChI=1S/C54H76N7P/c1-33(2)40-21-17-22-41(34(3)4)48(40)59-30-29-55-52(59)56-62(51-46(39(13)14)27-20-28-47(51)54(15,16)58-62)57-53-60(49-42(35(5)6)23-18-24-43(49)36(7)8)31-32-61(53)50-44(37(9)10)25-19-26-45(50)38(11)12/h17-28,33-39,58H,29-32H2,1-16H3. The molecule has 1 N–H and O–H groups in total. The molecule has 7 nitrogen and oxygen atoms in total. The van der Waals surface area contributed by atoms with Crippen LogP contribution in [0.4, 0.5) is 17.1 Å². The second-order valence-corrected chi connectivity index (χ2v) is 22.9. The molecule has 0 amide bonds. The van der Waals surface area contributed by atoms with Crippen LogP contribution < -0.4 is 25.1 Å². The van der Waals surface area contributed by atoms with Gasteiger partial charge in [0.25, 0.3) is 0 Å². The summed E-state index contributed by atoms with van der Waals surface area (Å²) in [6.07, 6.45) is 0. The van der Waals surface area contributed by atoms with Gasteiger partial charge in [0.05, 0.1) is 23.6 Å². The van der Waals surface area contributed by atoms with Gasteiger partial charge in [0.2, 0.25) is 11.9 Å². The Morgan fingerprint density at radius 1 is 0.500 bits per heavy atom. The van der Waals surface area contributed by atoms with Crippen molar-refractivity contribution in [2.75, 3.05) is 40.9 Å². The van der Waals surface area contributed by atoms with Gasteiger partial charge in [0.1, 0.15) is 0 Å². The number of fused-ring (bicyclic) bond motifs is 1. The second-order valence-electron chi connectivity index (χ2n) is 20.7. The molecule has 62 heavy (non-hydrogen) atoms. The lowest BCUT2D eigenvalue weighted by Gasteiger charge is -2.34. The van der Waals surface area contributed by atoms with E-state index in [1.165, 1.54) is 66.9 Å². The van der Waals surface area contributed by atoms with Crippen LogP contribution in [0.2, 0.25) is 0 Å². The molecule has 0 saturated carbocycles. The Hall–Kier alpha value is -4.19. The van der Waals surface area contributed by atoms with Gasteiger partial charge in [-0.1, -0.05) is 170 Å². The summed E-state index contributed by atoms with van der Waals surface area (Å²) in [7, 11) is -3.05. The van der Waals surface area contributed by atoms with Gasteiger partial charge in [0.15, 0.2) is 7.36 Å². The fraction of sp³-hybridized carbons (Fsp3) is 0.519. The van der Waals surface area contributed by atoms with Crippen molar-refractivity contribution in [3.05, 3.63) is 117 Å². The monoisotopic (exact) mass is 854 g/mol. The van der Waals surface area contributed by atoms with E-state index in [0.717, 1.165) is 31.6 Å². The van der Waals surface area contributed by atoms with Crippen LogP contribution in [0.1, 0.15) is 197 Å². The first-order valence-corrected chi connectivity index (χ1v) is 25.4. The highest BCUT2D eigenvalue weighted by atomic mass is 31.2. The number of hydrogen-bond acceptors (Lipinski definition) is 3. The summed E-state index contributed by atoms with van der Waals surface area (Å²) in [6, 6.07) is 27.6. The van der Waals surface area contributed by atoms with Gasteiger partial charge in [-0.15, -0.1) is 0 Å². The van der Waals surface area contributed by atoms with Gasteiger partial charge in [0, 0.05) is 30.5 Å². The molecule has 332 valence electrons. The molecule has 0 aliphatic carbocycles. The fourth-order valence-corrected chi connectivity index (χ4v) is 13.7. The molecule has 8 heteroatoms. The van der Waals surface area contributed by atoms with Crippen molar-refractivity contribution in [1.82, 2.24) is 5.09 Å². The second kappa shape index (κ2) is 17.8. The Balaban J connectivity index is 1.63. The lowest BCUT2D eigenvalue weighted by atomic mass is 9.91. The highest BCUT2D eigenvalue weighted by Gasteiger charge is 2.47. The molecule has 0 aromatic heterocycles. The van der Waals surface area contributed by atoms with Gasteiger partial charge in [-0.2, -0.15) is 9.51 Å². The molecule has 1 fully saturated rings. The lowest BCUT2D eigenvalue weighted by molar-refractivity contribution is 0.517. The summed E-state index contributed by atoms with van der Waals surface area (Å²) >= 11 is 0. The predicted molar refractivity (Wildman–Crippen MR) is 271 cm³/mol. The zero-order valence-electron chi connectivity index (χ0n) is 40.9. The molecular weight excluding hydrogens is 778 g/mol. The lowest BCUT2D eigenvalue weighted by Crippen LogP contribution is -2.37. The number of para-hydroxylation sites is 3. The highest BCUT2D eigenvalue weighted by Crippen LogP contribution is 2.59. The zero-order chi connectivity index (χ0) is 45.0. The number of guanidine groups is 2. The summed E-state index contributed by atoms with van der Waals surface area (Å²) in [5.74, 6) is 4.06. The van der Waals surface area contributed by atoms with Gasteiger partial charge < -0.3 is 14.7 Å². The van der Waals surface area contributed by atoms with Crippen LogP contribution in [-0.2, 0) is 5.54 Å².